The maximum absolute atomic E-state index is 13.0. The van der Waals surface area contributed by atoms with E-state index < -0.39 is 0 Å². The van der Waals surface area contributed by atoms with Gasteiger partial charge in [0.25, 0.3) is 0 Å². The van der Waals surface area contributed by atoms with E-state index in [0.29, 0.717) is 5.92 Å². The zero-order valence-corrected chi connectivity index (χ0v) is 14.2. The molecule has 5 nitrogen and oxygen atoms in total. The van der Waals surface area contributed by atoms with Crippen molar-refractivity contribution in [3.63, 3.8) is 0 Å². The summed E-state index contributed by atoms with van der Waals surface area (Å²) < 4.78 is 15.1. The van der Waals surface area contributed by atoms with Crippen LogP contribution in [0.25, 0.3) is 11.3 Å². The van der Waals surface area contributed by atoms with Gasteiger partial charge in [-0.3, -0.25) is 0 Å². The zero-order valence-electron chi connectivity index (χ0n) is 13.4. The van der Waals surface area contributed by atoms with Crippen LogP contribution in [0.1, 0.15) is 24.6 Å². The fourth-order valence-corrected chi connectivity index (χ4v) is 4.04. The van der Waals surface area contributed by atoms with Crippen LogP contribution >= 0.6 is 11.3 Å². The van der Waals surface area contributed by atoms with E-state index in [9.17, 15) is 4.39 Å². The van der Waals surface area contributed by atoms with Crippen molar-refractivity contribution in [3.8, 4) is 11.3 Å². The maximum Gasteiger partial charge on any atom is 0.185 e. The van der Waals surface area contributed by atoms with Gasteiger partial charge >= 0.3 is 0 Å². The molecule has 0 radical (unpaired) electrons. The molecule has 0 saturated carbocycles. The molecule has 7 heteroatoms. The van der Waals surface area contributed by atoms with E-state index in [1.165, 1.54) is 12.1 Å². The second-order valence-electron chi connectivity index (χ2n) is 6.08. The molecule has 1 fully saturated rings. The van der Waals surface area contributed by atoms with Crippen molar-refractivity contribution in [1.29, 1.82) is 0 Å². The topological polar surface area (TPSA) is 46.8 Å². The number of nitrogens with zero attached hydrogens (tertiary/aromatic N) is 5. The summed E-state index contributed by atoms with van der Waals surface area (Å²) in [6.07, 6.45) is 3.87. The minimum atomic E-state index is -0.222. The van der Waals surface area contributed by atoms with E-state index in [1.54, 1.807) is 29.8 Å². The van der Waals surface area contributed by atoms with Crippen LogP contribution in [0.4, 0.5) is 9.52 Å². The quantitative estimate of drug-likeness (QED) is 0.731. The van der Waals surface area contributed by atoms with Gasteiger partial charge in [0.15, 0.2) is 5.13 Å². The molecule has 3 heterocycles. The number of hydrogen-bond acceptors (Lipinski definition) is 5. The normalized spacial score (nSPS) is 15.8. The molecule has 24 heavy (non-hydrogen) atoms. The highest BCUT2D eigenvalue weighted by Gasteiger charge is 2.25. The molecule has 4 rings (SSSR count). The highest BCUT2D eigenvalue weighted by atomic mass is 32.1. The number of aromatic nitrogens is 4. The average Bonchev–Trinajstić information content (AvgIpc) is 3.25. The molecule has 3 aromatic rings. The van der Waals surface area contributed by atoms with E-state index in [1.807, 2.05) is 17.0 Å². The van der Waals surface area contributed by atoms with Crippen molar-refractivity contribution >= 4 is 16.5 Å². The van der Waals surface area contributed by atoms with E-state index >= 15 is 0 Å². The second-order valence-corrected chi connectivity index (χ2v) is 6.92. The molecule has 1 aromatic carbocycles. The molecule has 1 saturated heterocycles. The van der Waals surface area contributed by atoms with E-state index in [4.69, 9.17) is 4.98 Å². The fourth-order valence-electron chi connectivity index (χ4n) is 3.15. The van der Waals surface area contributed by atoms with Crippen LogP contribution in [0, 0.1) is 5.82 Å². The Morgan fingerprint density at radius 2 is 1.92 bits per heavy atom. The number of thiazole rings is 1. The average molecular weight is 343 g/mol. The van der Waals surface area contributed by atoms with Gasteiger partial charge in [0, 0.05) is 37.0 Å². The summed E-state index contributed by atoms with van der Waals surface area (Å²) in [6.45, 7) is 1.93. The lowest BCUT2D eigenvalue weighted by Gasteiger charge is -2.31. The Morgan fingerprint density at radius 3 is 2.58 bits per heavy atom. The standard InChI is InChI=1S/C17H18FN5S/c1-22-11-19-21-16(22)13-6-8-23(9-7-13)17-20-15(10-24-17)12-2-4-14(18)5-3-12/h2-5,10-11,13H,6-9H2,1H3. The van der Waals surface area contributed by atoms with Gasteiger partial charge in [0.1, 0.15) is 18.0 Å². The van der Waals surface area contributed by atoms with Crippen LogP contribution in [0.2, 0.25) is 0 Å². The van der Waals surface area contributed by atoms with E-state index in [0.717, 1.165) is 48.1 Å². The predicted octanol–water partition coefficient (Wildman–Crippen LogP) is 3.46. The van der Waals surface area contributed by atoms with E-state index in [2.05, 4.69) is 15.1 Å². The summed E-state index contributed by atoms with van der Waals surface area (Å²) in [6, 6.07) is 6.49. The van der Waals surface area contributed by atoms with Gasteiger partial charge in [-0.2, -0.15) is 0 Å². The Balaban J connectivity index is 1.45. The summed E-state index contributed by atoms with van der Waals surface area (Å²) in [5.74, 6) is 1.31. The van der Waals surface area contributed by atoms with Crippen molar-refractivity contribution in [2.75, 3.05) is 18.0 Å². The molecule has 0 amide bonds. The number of aryl methyl sites for hydroxylation is 1. The third kappa shape index (κ3) is 2.91. The van der Waals surface area contributed by atoms with E-state index in [-0.39, 0.29) is 5.82 Å². The maximum atomic E-state index is 13.0. The van der Waals surface area contributed by atoms with Gasteiger partial charge in [-0.15, -0.1) is 21.5 Å². The lowest BCUT2D eigenvalue weighted by Crippen LogP contribution is -2.33. The lowest BCUT2D eigenvalue weighted by atomic mass is 9.96. The van der Waals surface area contributed by atoms with Crippen LogP contribution in [0.15, 0.2) is 36.0 Å². The molecular weight excluding hydrogens is 325 g/mol. The number of hydrogen-bond donors (Lipinski definition) is 0. The SMILES string of the molecule is Cn1cnnc1C1CCN(c2nc(-c3ccc(F)cc3)cs2)CC1. The lowest BCUT2D eigenvalue weighted by molar-refractivity contribution is 0.474. The van der Waals surface area contributed by atoms with Crippen LogP contribution < -0.4 is 4.90 Å². The molecule has 124 valence electrons. The van der Waals surface area contributed by atoms with Crippen LogP contribution in [0.5, 0.6) is 0 Å². The molecule has 1 aliphatic heterocycles. The van der Waals surface area contributed by atoms with Gasteiger partial charge in [0.05, 0.1) is 5.69 Å². The monoisotopic (exact) mass is 343 g/mol. The second kappa shape index (κ2) is 6.32. The number of benzene rings is 1. The Bertz CT molecular complexity index is 818. The molecule has 0 aliphatic carbocycles. The third-order valence-electron chi connectivity index (χ3n) is 4.51. The molecule has 0 atom stereocenters. The summed E-state index contributed by atoms with van der Waals surface area (Å²) in [5.41, 5.74) is 1.86. The van der Waals surface area contributed by atoms with Gasteiger partial charge < -0.3 is 9.47 Å². The van der Waals surface area contributed by atoms with Crippen LogP contribution in [0.3, 0.4) is 0 Å². The van der Waals surface area contributed by atoms with Crippen molar-refractivity contribution in [2.45, 2.75) is 18.8 Å². The largest absolute Gasteiger partial charge is 0.348 e. The summed E-state index contributed by atoms with van der Waals surface area (Å²) >= 11 is 1.64. The fraction of sp³-hybridized carbons (Fsp3) is 0.353. The van der Waals surface area contributed by atoms with Crippen molar-refractivity contribution in [1.82, 2.24) is 19.7 Å². The summed E-state index contributed by atoms with van der Waals surface area (Å²) in [5, 5.41) is 11.3. The number of rotatable bonds is 3. The molecule has 0 bridgehead atoms. The number of anilines is 1. The molecular formula is C17H18FN5S. The van der Waals surface area contributed by atoms with Crippen molar-refractivity contribution < 1.29 is 4.39 Å². The van der Waals surface area contributed by atoms with Gasteiger partial charge in [-0.25, -0.2) is 9.37 Å². The first-order valence-corrected chi connectivity index (χ1v) is 8.89. The Kier molecular flexibility index (Phi) is 4.02. The first kappa shape index (κ1) is 15.3. The summed E-state index contributed by atoms with van der Waals surface area (Å²) in [4.78, 5) is 7.05. The smallest absolute Gasteiger partial charge is 0.185 e. The molecule has 1 aliphatic rings. The minimum absolute atomic E-state index is 0.222. The highest BCUT2D eigenvalue weighted by Crippen LogP contribution is 2.32. The Morgan fingerprint density at radius 1 is 1.17 bits per heavy atom. The van der Waals surface area contributed by atoms with Crippen molar-refractivity contribution in [3.05, 3.63) is 47.6 Å². The molecule has 0 spiro atoms. The van der Waals surface area contributed by atoms with Gasteiger partial charge in [-0.05, 0) is 37.1 Å². The van der Waals surface area contributed by atoms with Gasteiger partial charge in [0.2, 0.25) is 0 Å². The molecule has 0 unspecified atom stereocenters. The number of piperidine rings is 1. The Labute approximate surface area is 143 Å². The highest BCUT2D eigenvalue weighted by molar-refractivity contribution is 7.14. The van der Waals surface area contributed by atoms with Crippen LogP contribution in [-0.2, 0) is 7.05 Å². The minimum Gasteiger partial charge on any atom is -0.348 e. The van der Waals surface area contributed by atoms with Gasteiger partial charge in [-0.1, -0.05) is 0 Å². The molecule has 0 N–H and O–H groups in total. The van der Waals surface area contributed by atoms with Crippen molar-refractivity contribution in [2.24, 2.45) is 7.05 Å². The molecule has 2 aromatic heterocycles. The first-order valence-electron chi connectivity index (χ1n) is 8.01. The first-order chi connectivity index (χ1) is 11.7. The van der Waals surface area contributed by atoms with Crippen LogP contribution in [-0.4, -0.2) is 32.8 Å². The third-order valence-corrected chi connectivity index (χ3v) is 5.41. The zero-order chi connectivity index (χ0) is 16.5. The Hall–Kier alpha value is -2.28. The predicted molar refractivity (Wildman–Crippen MR) is 92.7 cm³/mol. The summed E-state index contributed by atoms with van der Waals surface area (Å²) in [7, 11) is 2.00. The number of halogens is 1.